The highest BCUT2D eigenvalue weighted by molar-refractivity contribution is 5.77. The Morgan fingerprint density at radius 2 is 2.07 bits per heavy atom. The summed E-state index contributed by atoms with van der Waals surface area (Å²) < 4.78 is 0. The molecule has 2 heterocycles. The first-order valence-corrected chi connectivity index (χ1v) is 5.75. The normalized spacial score (nSPS) is 28.5. The number of nitrogens with zero attached hydrogens (tertiary/aromatic N) is 2. The lowest BCUT2D eigenvalue weighted by Gasteiger charge is -2.23. The molecule has 2 aliphatic heterocycles. The molecule has 0 aromatic rings. The van der Waals surface area contributed by atoms with Crippen molar-refractivity contribution in [2.75, 3.05) is 32.7 Å². The summed E-state index contributed by atoms with van der Waals surface area (Å²) in [6.45, 7) is 4.96. The zero-order valence-electron chi connectivity index (χ0n) is 9.11. The Kier molecular flexibility index (Phi) is 3.56. The maximum absolute atomic E-state index is 11.1. The molecule has 0 radical (unpaired) electrons. The highest BCUT2D eigenvalue weighted by Crippen LogP contribution is 2.19. The van der Waals surface area contributed by atoms with Crippen LogP contribution in [0.4, 0.5) is 0 Å². The van der Waals surface area contributed by atoms with E-state index in [2.05, 4.69) is 15.2 Å². The van der Waals surface area contributed by atoms with Gasteiger partial charge in [-0.25, -0.2) is 5.84 Å². The van der Waals surface area contributed by atoms with Gasteiger partial charge in [-0.1, -0.05) is 0 Å². The van der Waals surface area contributed by atoms with Crippen LogP contribution < -0.4 is 11.3 Å². The molecule has 0 bridgehead atoms. The third kappa shape index (κ3) is 2.68. The van der Waals surface area contributed by atoms with Gasteiger partial charge in [0.25, 0.3) is 0 Å². The zero-order chi connectivity index (χ0) is 10.7. The number of amides is 1. The third-order valence-corrected chi connectivity index (χ3v) is 3.43. The van der Waals surface area contributed by atoms with Gasteiger partial charge in [-0.05, 0) is 32.4 Å². The molecule has 86 valence electrons. The van der Waals surface area contributed by atoms with Gasteiger partial charge >= 0.3 is 0 Å². The van der Waals surface area contributed by atoms with E-state index in [9.17, 15) is 4.79 Å². The van der Waals surface area contributed by atoms with E-state index in [1.54, 1.807) is 0 Å². The second-order valence-corrected chi connectivity index (χ2v) is 4.49. The van der Waals surface area contributed by atoms with Gasteiger partial charge in [0.15, 0.2) is 0 Å². The monoisotopic (exact) mass is 212 g/mol. The highest BCUT2D eigenvalue weighted by Gasteiger charge is 2.29. The molecule has 15 heavy (non-hydrogen) atoms. The second kappa shape index (κ2) is 4.92. The first-order valence-electron chi connectivity index (χ1n) is 5.75. The van der Waals surface area contributed by atoms with Crippen molar-refractivity contribution >= 4 is 5.91 Å². The molecule has 0 saturated carbocycles. The van der Waals surface area contributed by atoms with Crippen molar-refractivity contribution in [3.63, 3.8) is 0 Å². The maximum Gasteiger partial charge on any atom is 0.248 e. The lowest BCUT2D eigenvalue weighted by molar-refractivity contribution is -0.122. The van der Waals surface area contributed by atoms with Crippen molar-refractivity contribution in [3.8, 4) is 0 Å². The molecule has 0 aliphatic carbocycles. The van der Waals surface area contributed by atoms with Gasteiger partial charge in [0.2, 0.25) is 5.91 Å². The number of rotatable bonds is 3. The molecule has 3 N–H and O–H groups in total. The summed E-state index contributed by atoms with van der Waals surface area (Å²) in [5.74, 6) is 4.98. The fourth-order valence-corrected chi connectivity index (χ4v) is 2.61. The molecule has 1 amide bonds. The van der Waals surface area contributed by atoms with Gasteiger partial charge in [0.1, 0.15) is 0 Å². The summed E-state index contributed by atoms with van der Waals surface area (Å²) in [5, 5.41) is 0. The maximum atomic E-state index is 11.1. The van der Waals surface area contributed by atoms with Crippen LogP contribution in [0.15, 0.2) is 0 Å². The van der Waals surface area contributed by atoms with E-state index in [1.165, 1.54) is 32.4 Å². The number of hydrogen-bond acceptors (Lipinski definition) is 4. The lowest BCUT2D eigenvalue weighted by Crippen LogP contribution is -2.41. The first kappa shape index (κ1) is 10.9. The van der Waals surface area contributed by atoms with Gasteiger partial charge in [-0.15, -0.1) is 0 Å². The summed E-state index contributed by atoms with van der Waals surface area (Å²) in [6.07, 6.45) is 3.86. The van der Waals surface area contributed by atoms with E-state index in [1.807, 2.05) is 0 Å². The molecular formula is C10H20N4O. The quantitative estimate of drug-likeness (QED) is 0.363. The summed E-state index contributed by atoms with van der Waals surface area (Å²) in [5.41, 5.74) is 2.18. The van der Waals surface area contributed by atoms with E-state index in [0.717, 1.165) is 13.1 Å². The number of likely N-dealkylation sites (tertiary alicyclic amines) is 2. The minimum atomic E-state index is -0.0860. The smallest absolute Gasteiger partial charge is 0.248 e. The van der Waals surface area contributed by atoms with Crippen LogP contribution in [-0.2, 0) is 4.79 Å². The summed E-state index contributed by atoms with van der Waals surface area (Å²) in [7, 11) is 0. The van der Waals surface area contributed by atoms with Crippen LogP contribution in [-0.4, -0.2) is 54.5 Å². The molecule has 2 rings (SSSR count). The Bertz CT molecular complexity index is 227. The van der Waals surface area contributed by atoms with Crippen LogP contribution >= 0.6 is 0 Å². The second-order valence-electron chi connectivity index (χ2n) is 4.49. The Hall–Kier alpha value is -0.650. The van der Waals surface area contributed by atoms with E-state index in [4.69, 9.17) is 5.84 Å². The van der Waals surface area contributed by atoms with Crippen molar-refractivity contribution in [2.24, 2.45) is 5.84 Å². The minimum absolute atomic E-state index is 0.0860. The van der Waals surface area contributed by atoms with Crippen LogP contribution in [0.2, 0.25) is 0 Å². The number of nitrogens with two attached hydrogens (primary N) is 1. The molecular weight excluding hydrogens is 192 g/mol. The van der Waals surface area contributed by atoms with Crippen LogP contribution in [0, 0.1) is 0 Å². The molecule has 0 aromatic heterocycles. The molecule has 0 aromatic carbocycles. The molecule has 5 heteroatoms. The van der Waals surface area contributed by atoms with Gasteiger partial charge in [0, 0.05) is 19.1 Å². The Labute approximate surface area is 90.6 Å². The zero-order valence-corrected chi connectivity index (χ0v) is 9.11. The predicted molar refractivity (Wildman–Crippen MR) is 58.0 cm³/mol. The largest absolute Gasteiger partial charge is 0.299 e. The molecule has 2 fully saturated rings. The van der Waals surface area contributed by atoms with Gasteiger partial charge < -0.3 is 0 Å². The SMILES string of the molecule is NNC(=O)CN1CCC(N2CCCC2)C1. The molecule has 2 saturated heterocycles. The molecule has 1 atom stereocenters. The van der Waals surface area contributed by atoms with Gasteiger partial charge in [0.05, 0.1) is 6.54 Å². The summed E-state index contributed by atoms with van der Waals surface area (Å²) in [4.78, 5) is 15.8. The predicted octanol–water partition coefficient (Wildman–Crippen LogP) is -0.854. The molecule has 2 aliphatic rings. The van der Waals surface area contributed by atoms with E-state index in [-0.39, 0.29) is 5.91 Å². The first-order chi connectivity index (χ1) is 7.29. The molecule has 0 spiro atoms. The summed E-state index contributed by atoms with van der Waals surface area (Å²) in [6, 6.07) is 0.665. The molecule has 1 unspecified atom stereocenters. The fourth-order valence-electron chi connectivity index (χ4n) is 2.61. The lowest BCUT2D eigenvalue weighted by atomic mass is 10.2. The van der Waals surface area contributed by atoms with Crippen LogP contribution in [0.1, 0.15) is 19.3 Å². The number of nitrogens with one attached hydrogen (secondary N) is 1. The van der Waals surface area contributed by atoms with Crippen LogP contribution in [0.25, 0.3) is 0 Å². The topological polar surface area (TPSA) is 61.6 Å². The average Bonchev–Trinajstić information content (AvgIpc) is 2.85. The van der Waals surface area contributed by atoms with E-state index >= 15 is 0 Å². The fraction of sp³-hybridized carbons (Fsp3) is 0.900. The summed E-state index contributed by atoms with van der Waals surface area (Å²) >= 11 is 0. The molecule has 5 nitrogen and oxygen atoms in total. The Balaban J connectivity index is 1.76. The Morgan fingerprint density at radius 3 is 2.73 bits per heavy atom. The van der Waals surface area contributed by atoms with Gasteiger partial charge in [-0.2, -0.15) is 0 Å². The van der Waals surface area contributed by atoms with E-state index in [0.29, 0.717) is 12.6 Å². The van der Waals surface area contributed by atoms with E-state index < -0.39 is 0 Å². The number of hydrazine groups is 1. The average molecular weight is 212 g/mol. The van der Waals surface area contributed by atoms with Crippen molar-refractivity contribution in [2.45, 2.75) is 25.3 Å². The van der Waals surface area contributed by atoms with Crippen LogP contribution in [0.3, 0.4) is 0 Å². The minimum Gasteiger partial charge on any atom is -0.299 e. The number of hydrogen-bond donors (Lipinski definition) is 2. The highest BCUT2D eigenvalue weighted by atomic mass is 16.2. The van der Waals surface area contributed by atoms with Gasteiger partial charge in [-0.3, -0.25) is 20.0 Å². The van der Waals surface area contributed by atoms with Crippen molar-refractivity contribution in [1.82, 2.24) is 15.2 Å². The standard InChI is InChI=1S/C10H20N4O/c11-12-10(15)8-13-6-3-9(7-13)14-4-1-2-5-14/h9H,1-8,11H2,(H,12,15). The van der Waals surface area contributed by atoms with Crippen molar-refractivity contribution in [3.05, 3.63) is 0 Å². The Morgan fingerprint density at radius 1 is 1.33 bits per heavy atom. The number of carbonyl (C=O) groups is 1. The van der Waals surface area contributed by atoms with Crippen LogP contribution in [0.5, 0.6) is 0 Å². The van der Waals surface area contributed by atoms with Crippen molar-refractivity contribution in [1.29, 1.82) is 0 Å². The van der Waals surface area contributed by atoms with Crippen molar-refractivity contribution < 1.29 is 4.79 Å². The number of carbonyl (C=O) groups excluding carboxylic acids is 1. The third-order valence-electron chi connectivity index (χ3n) is 3.43.